The van der Waals surface area contributed by atoms with Crippen molar-refractivity contribution < 1.29 is 0 Å². The normalized spacial score (nSPS) is 14.4. The molecule has 0 aromatic heterocycles. The minimum Gasteiger partial charge on any atom is -0.316 e. The van der Waals surface area contributed by atoms with Crippen LogP contribution >= 0.6 is 0 Å². The summed E-state index contributed by atoms with van der Waals surface area (Å²) in [5.74, 6) is 0. The summed E-state index contributed by atoms with van der Waals surface area (Å²) in [6.07, 6.45) is 4.94. The summed E-state index contributed by atoms with van der Waals surface area (Å²) in [5.41, 5.74) is 4.64. The molecule has 19 heavy (non-hydrogen) atoms. The van der Waals surface area contributed by atoms with E-state index >= 15 is 0 Å². The molecule has 0 aliphatic rings. The zero-order valence-corrected chi connectivity index (χ0v) is 13.5. The molecule has 1 unspecified atom stereocenters. The predicted molar refractivity (Wildman–Crippen MR) is 85.8 cm³/mol. The average Bonchev–Trinajstić information content (AvgIpc) is 2.27. The molecular weight excluding hydrogens is 230 g/mol. The van der Waals surface area contributed by atoms with Crippen LogP contribution in [-0.2, 0) is 6.42 Å². The van der Waals surface area contributed by atoms with E-state index in [9.17, 15) is 0 Å². The van der Waals surface area contributed by atoms with E-state index in [2.05, 4.69) is 58.1 Å². The molecule has 0 aliphatic heterocycles. The molecule has 0 saturated heterocycles. The first kappa shape index (κ1) is 16.2. The maximum atomic E-state index is 3.61. The molecule has 1 N–H and O–H groups in total. The van der Waals surface area contributed by atoms with Crippen molar-refractivity contribution in [2.45, 2.75) is 60.3 Å². The first-order valence-electron chi connectivity index (χ1n) is 7.77. The molecule has 0 aliphatic carbocycles. The highest BCUT2D eigenvalue weighted by molar-refractivity contribution is 5.29. The van der Waals surface area contributed by atoms with Gasteiger partial charge in [-0.15, -0.1) is 0 Å². The summed E-state index contributed by atoms with van der Waals surface area (Å²) < 4.78 is 0. The van der Waals surface area contributed by atoms with Crippen LogP contribution in [0, 0.1) is 19.3 Å². The van der Waals surface area contributed by atoms with E-state index in [1.165, 1.54) is 42.4 Å². The Morgan fingerprint density at radius 1 is 1.00 bits per heavy atom. The van der Waals surface area contributed by atoms with Gasteiger partial charge >= 0.3 is 0 Å². The number of hydrogen-bond acceptors (Lipinski definition) is 1. The van der Waals surface area contributed by atoms with Crippen molar-refractivity contribution in [2.24, 2.45) is 5.41 Å². The molecule has 1 heteroatoms. The Bertz CT molecular complexity index is 363. The Labute approximate surface area is 119 Å². The lowest BCUT2D eigenvalue weighted by Gasteiger charge is -2.30. The third-order valence-corrected chi connectivity index (χ3v) is 3.74. The van der Waals surface area contributed by atoms with Crippen molar-refractivity contribution in [3.05, 3.63) is 34.9 Å². The maximum Gasteiger partial charge on any atom is 0.000834 e. The number of benzene rings is 1. The van der Waals surface area contributed by atoms with Crippen molar-refractivity contribution >= 4 is 0 Å². The molecule has 108 valence electrons. The number of nitrogens with one attached hydrogen (secondary N) is 1. The molecule has 0 saturated carbocycles. The van der Waals surface area contributed by atoms with Gasteiger partial charge < -0.3 is 5.32 Å². The van der Waals surface area contributed by atoms with Gasteiger partial charge in [0.1, 0.15) is 0 Å². The first-order valence-corrected chi connectivity index (χ1v) is 7.77. The van der Waals surface area contributed by atoms with Gasteiger partial charge in [-0.25, -0.2) is 0 Å². The van der Waals surface area contributed by atoms with E-state index in [1.54, 1.807) is 0 Å². The fourth-order valence-corrected chi connectivity index (χ4v) is 3.07. The average molecular weight is 261 g/mol. The summed E-state index contributed by atoms with van der Waals surface area (Å²) in [6, 6.07) is 6.96. The SMILES string of the molecule is CCCNCC(C)(CCC)Cc1cc(C)cc(C)c1. The third kappa shape index (κ3) is 5.78. The lowest BCUT2D eigenvalue weighted by Crippen LogP contribution is -2.34. The van der Waals surface area contributed by atoms with Gasteiger partial charge in [0, 0.05) is 6.54 Å². The minimum atomic E-state index is 0.379. The maximum absolute atomic E-state index is 3.61. The second kappa shape index (κ2) is 7.69. The Kier molecular flexibility index (Phi) is 6.57. The quantitative estimate of drug-likeness (QED) is 0.672. The fraction of sp³-hybridized carbons (Fsp3) is 0.667. The smallest absolute Gasteiger partial charge is 0.000834 e. The molecule has 0 heterocycles. The summed E-state index contributed by atoms with van der Waals surface area (Å²) in [4.78, 5) is 0. The van der Waals surface area contributed by atoms with Gasteiger partial charge in [-0.05, 0) is 50.6 Å². The highest BCUT2D eigenvalue weighted by Gasteiger charge is 2.23. The molecule has 1 aromatic carbocycles. The van der Waals surface area contributed by atoms with Crippen LogP contribution in [0.2, 0.25) is 0 Å². The number of aryl methyl sites for hydroxylation is 2. The monoisotopic (exact) mass is 261 g/mol. The molecular formula is C18H31N. The van der Waals surface area contributed by atoms with Crippen molar-refractivity contribution in [1.82, 2.24) is 5.32 Å². The van der Waals surface area contributed by atoms with Crippen LogP contribution in [0.5, 0.6) is 0 Å². The second-order valence-corrected chi connectivity index (χ2v) is 6.41. The van der Waals surface area contributed by atoms with Crippen LogP contribution in [0.1, 0.15) is 56.7 Å². The molecule has 0 bridgehead atoms. The zero-order valence-electron chi connectivity index (χ0n) is 13.5. The Morgan fingerprint density at radius 3 is 2.16 bits per heavy atom. The van der Waals surface area contributed by atoms with Crippen molar-refractivity contribution in [3.8, 4) is 0 Å². The minimum absolute atomic E-state index is 0.379. The van der Waals surface area contributed by atoms with Gasteiger partial charge in [-0.3, -0.25) is 0 Å². The number of hydrogen-bond donors (Lipinski definition) is 1. The molecule has 1 atom stereocenters. The molecule has 0 amide bonds. The fourth-order valence-electron chi connectivity index (χ4n) is 3.07. The van der Waals surface area contributed by atoms with Crippen LogP contribution in [0.4, 0.5) is 0 Å². The van der Waals surface area contributed by atoms with Crippen LogP contribution in [0.25, 0.3) is 0 Å². The van der Waals surface area contributed by atoms with Crippen LogP contribution in [0.15, 0.2) is 18.2 Å². The zero-order chi connectivity index (χ0) is 14.3. The standard InChI is InChI=1S/C18H31N/c1-6-8-18(5,14-19-9-7-2)13-17-11-15(3)10-16(4)12-17/h10-12,19H,6-9,13-14H2,1-5H3. The summed E-state index contributed by atoms with van der Waals surface area (Å²) in [6.45, 7) is 13.6. The van der Waals surface area contributed by atoms with E-state index in [4.69, 9.17) is 0 Å². The van der Waals surface area contributed by atoms with E-state index in [0.717, 1.165) is 13.1 Å². The first-order chi connectivity index (χ1) is 8.99. The molecule has 0 radical (unpaired) electrons. The topological polar surface area (TPSA) is 12.0 Å². The van der Waals surface area contributed by atoms with Gasteiger partial charge in [-0.2, -0.15) is 0 Å². The van der Waals surface area contributed by atoms with Gasteiger partial charge in [0.2, 0.25) is 0 Å². The van der Waals surface area contributed by atoms with Crippen LogP contribution in [0.3, 0.4) is 0 Å². The van der Waals surface area contributed by atoms with Gasteiger partial charge in [0.25, 0.3) is 0 Å². The summed E-state index contributed by atoms with van der Waals surface area (Å²) in [5, 5.41) is 3.61. The van der Waals surface area contributed by atoms with E-state index in [-0.39, 0.29) is 0 Å². The van der Waals surface area contributed by atoms with E-state index in [1.807, 2.05) is 0 Å². The molecule has 0 spiro atoms. The van der Waals surface area contributed by atoms with Crippen LogP contribution < -0.4 is 5.32 Å². The Balaban J connectivity index is 2.75. The Hall–Kier alpha value is -0.820. The molecule has 1 aromatic rings. The predicted octanol–water partition coefficient (Wildman–Crippen LogP) is 4.65. The van der Waals surface area contributed by atoms with Crippen molar-refractivity contribution in [1.29, 1.82) is 0 Å². The van der Waals surface area contributed by atoms with Crippen LogP contribution in [-0.4, -0.2) is 13.1 Å². The van der Waals surface area contributed by atoms with Crippen molar-refractivity contribution in [2.75, 3.05) is 13.1 Å². The third-order valence-electron chi connectivity index (χ3n) is 3.74. The van der Waals surface area contributed by atoms with Crippen molar-refractivity contribution in [3.63, 3.8) is 0 Å². The highest BCUT2D eigenvalue weighted by Crippen LogP contribution is 2.28. The van der Waals surface area contributed by atoms with Gasteiger partial charge in [0.05, 0.1) is 0 Å². The van der Waals surface area contributed by atoms with E-state index < -0.39 is 0 Å². The van der Waals surface area contributed by atoms with Gasteiger partial charge in [0.15, 0.2) is 0 Å². The second-order valence-electron chi connectivity index (χ2n) is 6.41. The summed E-state index contributed by atoms with van der Waals surface area (Å²) >= 11 is 0. The lowest BCUT2D eigenvalue weighted by molar-refractivity contribution is 0.275. The molecule has 0 fully saturated rings. The lowest BCUT2D eigenvalue weighted by atomic mass is 9.79. The van der Waals surface area contributed by atoms with E-state index in [0.29, 0.717) is 5.41 Å². The molecule has 1 rings (SSSR count). The highest BCUT2D eigenvalue weighted by atomic mass is 14.9. The number of rotatable bonds is 8. The van der Waals surface area contributed by atoms with Gasteiger partial charge in [-0.1, -0.05) is 56.5 Å². The molecule has 1 nitrogen and oxygen atoms in total. The largest absolute Gasteiger partial charge is 0.316 e. The Morgan fingerprint density at radius 2 is 1.63 bits per heavy atom. The summed E-state index contributed by atoms with van der Waals surface area (Å²) in [7, 11) is 0.